The number of hydrogen-bond acceptors (Lipinski definition) is 2. The van der Waals surface area contributed by atoms with E-state index in [1.54, 1.807) is 4.90 Å². The average molecular weight is 296 g/mol. The second kappa shape index (κ2) is 6.65. The molecule has 1 fully saturated rings. The third-order valence-corrected chi connectivity index (χ3v) is 3.59. The van der Waals surface area contributed by atoms with Gasteiger partial charge in [-0.05, 0) is 37.0 Å². The van der Waals surface area contributed by atoms with Crippen LogP contribution in [0, 0.1) is 17.6 Å². The van der Waals surface area contributed by atoms with E-state index in [0.717, 1.165) is 25.0 Å². The Morgan fingerprint density at radius 1 is 1.33 bits per heavy atom. The van der Waals surface area contributed by atoms with E-state index in [0.29, 0.717) is 19.0 Å². The standard InChI is InChI=1S/C15H18F2N2O2/c1-10-3-2-6-19(9-10)14(20)8-18-15(21)11-4-5-12(16)13(17)7-11/h4-5,7,10H,2-3,6,8-9H2,1H3,(H,18,21). The molecule has 1 aromatic carbocycles. The number of nitrogens with one attached hydrogen (secondary N) is 1. The lowest BCUT2D eigenvalue weighted by molar-refractivity contribution is -0.131. The lowest BCUT2D eigenvalue weighted by Gasteiger charge is -2.31. The molecule has 1 atom stereocenters. The quantitative estimate of drug-likeness (QED) is 0.927. The van der Waals surface area contributed by atoms with Gasteiger partial charge in [0.15, 0.2) is 11.6 Å². The maximum Gasteiger partial charge on any atom is 0.251 e. The van der Waals surface area contributed by atoms with E-state index in [9.17, 15) is 18.4 Å². The maximum absolute atomic E-state index is 13.0. The maximum atomic E-state index is 13.0. The predicted octanol–water partition coefficient (Wildman–Crippen LogP) is 1.95. The van der Waals surface area contributed by atoms with Gasteiger partial charge >= 0.3 is 0 Å². The second-order valence-corrected chi connectivity index (χ2v) is 5.40. The summed E-state index contributed by atoms with van der Waals surface area (Å²) in [5.41, 5.74) is -0.00582. The molecule has 1 unspecified atom stereocenters. The Kier molecular flexibility index (Phi) is 4.88. The topological polar surface area (TPSA) is 49.4 Å². The number of carbonyl (C=O) groups is 2. The molecule has 0 bridgehead atoms. The Morgan fingerprint density at radius 2 is 2.10 bits per heavy atom. The molecule has 21 heavy (non-hydrogen) atoms. The Hall–Kier alpha value is -1.98. The normalized spacial score (nSPS) is 18.4. The van der Waals surface area contributed by atoms with E-state index in [4.69, 9.17) is 0 Å². The minimum absolute atomic E-state index is 0.00582. The molecule has 0 aromatic heterocycles. The van der Waals surface area contributed by atoms with Crippen molar-refractivity contribution in [2.24, 2.45) is 5.92 Å². The number of amides is 2. The van der Waals surface area contributed by atoms with E-state index in [2.05, 4.69) is 12.2 Å². The van der Waals surface area contributed by atoms with Crippen LogP contribution in [0.4, 0.5) is 8.78 Å². The number of hydrogen-bond donors (Lipinski definition) is 1. The Labute approximate surface area is 122 Å². The van der Waals surface area contributed by atoms with Gasteiger partial charge in [-0.25, -0.2) is 8.78 Å². The van der Waals surface area contributed by atoms with Crippen molar-refractivity contribution in [1.82, 2.24) is 10.2 Å². The number of piperidine rings is 1. The van der Waals surface area contributed by atoms with E-state index >= 15 is 0 Å². The summed E-state index contributed by atoms with van der Waals surface area (Å²) in [7, 11) is 0. The third-order valence-electron chi connectivity index (χ3n) is 3.59. The molecule has 0 saturated carbocycles. The fourth-order valence-corrected chi connectivity index (χ4v) is 2.42. The number of carbonyl (C=O) groups excluding carboxylic acids is 2. The molecule has 1 heterocycles. The predicted molar refractivity (Wildman–Crippen MR) is 73.7 cm³/mol. The van der Waals surface area contributed by atoms with Crippen molar-refractivity contribution in [1.29, 1.82) is 0 Å². The zero-order valence-electron chi connectivity index (χ0n) is 11.9. The van der Waals surface area contributed by atoms with Gasteiger partial charge in [-0.3, -0.25) is 9.59 Å². The van der Waals surface area contributed by atoms with Crippen molar-refractivity contribution in [3.05, 3.63) is 35.4 Å². The molecular formula is C15H18F2N2O2. The molecule has 1 saturated heterocycles. The van der Waals surface area contributed by atoms with Crippen LogP contribution in [-0.2, 0) is 4.79 Å². The van der Waals surface area contributed by atoms with Gasteiger partial charge in [0.25, 0.3) is 5.91 Å². The lowest BCUT2D eigenvalue weighted by Crippen LogP contribution is -2.44. The minimum Gasteiger partial charge on any atom is -0.343 e. The smallest absolute Gasteiger partial charge is 0.251 e. The van der Waals surface area contributed by atoms with Crippen LogP contribution in [0.3, 0.4) is 0 Å². The number of nitrogens with zero attached hydrogens (tertiary/aromatic N) is 1. The fraction of sp³-hybridized carbons (Fsp3) is 0.467. The van der Waals surface area contributed by atoms with Crippen LogP contribution in [-0.4, -0.2) is 36.3 Å². The molecule has 114 valence electrons. The SMILES string of the molecule is CC1CCCN(C(=O)CNC(=O)c2ccc(F)c(F)c2)C1. The van der Waals surface area contributed by atoms with Gasteiger partial charge in [-0.1, -0.05) is 6.92 Å². The molecule has 0 radical (unpaired) electrons. The number of benzene rings is 1. The van der Waals surface area contributed by atoms with Gasteiger partial charge in [0.2, 0.25) is 5.91 Å². The summed E-state index contributed by atoms with van der Waals surface area (Å²) in [5.74, 6) is -2.38. The monoisotopic (exact) mass is 296 g/mol. The minimum atomic E-state index is -1.08. The first-order chi connectivity index (χ1) is 9.97. The highest BCUT2D eigenvalue weighted by atomic mass is 19.2. The highest BCUT2D eigenvalue weighted by Crippen LogP contribution is 2.15. The Balaban J connectivity index is 1.88. The first-order valence-electron chi connectivity index (χ1n) is 6.98. The van der Waals surface area contributed by atoms with Crippen molar-refractivity contribution >= 4 is 11.8 Å². The van der Waals surface area contributed by atoms with Crippen molar-refractivity contribution < 1.29 is 18.4 Å². The van der Waals surface area contributed by atoms with Gasteiger partial charge in [-0.15, -0.1) is 0 Å². The van der Waals surface area contributed by atoms with Crippen LogP contribution in [0.15, 0.2) is 18.2 Å². The first kappa shape index (κ1) is 15.4. The molecule has 4 nitrogen and oxygen atoms in total. The summed E-state index contributed by atoms with van der Waals surface area (Å²) in [6.07, 6.45) is 2.06. The Bertz CT molecular complexity index is 548. The fourth-order valence-electron chi connectivity index (χ4n) is 2.42. The molecule has 1 aliphatic rings. The number of likely N-dealkylation sites (tertiary alicyclic amines) is 1. The van der Waals surface area contributed by atoms with Crippen molar-refractivity contribution in [2.45, 2.75) is 19.8 Å². The van der Waals surface area contributed by atoms with Crippen LogP contribution >= 0.6 is 0 Å². The molecule has 1 aliphatic heterocycles. The average Bonchev–Trinajstić information content (AvgIpc) is 2.47. The van der Waals surface area contributed by atoms with Crippen molar-refractivity contribution in [3.63, 3.8) is 0 Å². The summed E-state index contributed by atoms with van der Waals surface area (Å²) >= 11 is 0. The molecule has 1 aromatic rings. The molecular weight excluding hydrogens is 278 g/mol. The van der Waals surface area contributed by atoms with Crippen LogP contribution in [0.5, 0.6) is 0 Å². The van der Waals surface area contributed by atoms with E-state index in [1.165, 1.54) is 6.07 Å². The lowest BCUT2D eigenvalue weighted by atomic mass is 10.0. The van der Waals surface area contributed by atoms with Gasteiger partial charge in [0.05, 0.1) is 6.54 Å². The zero-order valence-corrected chi connectivity index (χ0v) is 11.9. The van der Waals surface area contributed by atoms with Gasteiger partial charge in [0, 0.05) is 18.7 Å². The largest absolute Gasteiger partial charge is 0.343 e. The third kappa shape index (κ3) is 4.00. The Morgan fingerprint density at radius 3 is 2.76 bits per heavy atom. The summed E-state index contributed by atoms with van der Waals surface area (Å²) < 4.78 is 25.8. The van der Waals surface area contributed by atoms with Crippen molar-refractivity contribution in [2.75, 3.05) is 19.6 Å². The summed E-state index contributed by atoms with van der Waals surface area (Å²) in [5, 5.41) is 2.44. The molecule has 1 N–H and O–H groups in total. The highest BCUT2D eigenvalue weighted by molar-refractivity contribution is 5.96. The van der Waals surface area contributed by atoms with Gasteiger partial charge < -0.3 is 10.2 Å². The molecule has 0 aliphatic carbocycles. The van der Waals surface area contributed by atoms with Crippen LogP contribution in [0.25, 0.3) is 0 Å². The molecule has 2 rings (SSSR count). The van der Waals surface area contributed by atoms with Crippen molar-refractivity contribution in [3.8, 4) is 0 Å². The summed E-state index contributed by atoms with van der Waals surface area (Å²) in [4.78, 5) is 25.5. The van der Waals surface area contributed by atoms with Gasteiger partial charge in [0.1, 0.15) is 0 Å². The number of rotatable bonds is 3. The molecule has 0 spiro atoms. The van der Waals surface area contributed by atoms with Crippen LogP contribution in [0.2, 0.25) is 0 Å². The number of halogens is 2. The highest BCUT2D eigenvalue weighted by Gasteiger charge is 2.21. The first-order valence-corrected chi connectivity index (χ1v) is 6.98. The zero-order chi connectivity index (χ0) is 15.4. The van der Waals surface area contributed by atoms with E-state index in [-0.39, 0.29) is 18.0 Å². The van der Waals surface area contributed by atoms with Crippen LogP contribution < -0.4 is 5.32 Å². The van der Waals surface area contributed by atoms with Crippen LogP contribution in [0.1, 0.15) is 30.1 Å². The van der Waals surface area contributed by atoms with E-state index < -0.39 is 17.5 Å². The summed E-state index contributed by atoms with van der Waals surface area (Å²) in [6.45, 7) is 3.34. The van der Waals surface area contributed by atoms with E-state index in [1.807, 2.05) is 0 Å². The summed E-state index contributed by atoms with van der Waals surface area (Å²) in [6, 6.07) is 2.89. The molecule has 2 amide bonds. The second-order valence-electron chi connectivity index (χ2n) is 5.40. The van der Waals surface area contributed by atoms with Gasteiger partial charge in [-0.2, -0.15) is 0 Å². The molecule has 6 heteroatoms.